The second-order valence-corrected chi connectivity index (χ2v) is 6.98. The van der Waals surface area contributed by atoms with E-state index in [1.165, 1.54) is 4.90 Å². The molecule has 24 heavy (non-hydrogen) atoms. The highest BCUT2D eigenvalue weighted by atomic mass is 16.2. The highest BCUT2D eigenvalue weighted by molar-refractivity contribution is 6.25. The van der Waals surface area contributed by atoms with E-state index in [2.05, 4.69) is 5.32 Å². The number of rotatable bonds is 3. The fourth-order valence-corrected chi connectivity index (χ4v) is 2.83. The molecular weight excluding hydrogens is 304 g/mol. The van der Waals surface area contributed by atoms with E-state index in [0.717, 1.165) is 5.39 Å². The van der Waals surface area contributed by atoms with Crippen molar-refractivity contribution in [2.75, 3.05) is 13.1 Å². The molecule has 0 atom stereocenters. The minimum Gasteiger partial charge on any atom is -0.354 e. The van der Waals surface area contributed by atoms with Gasteiger partial charge in [0.15, 0.2) is 0 Å². The standard InChI is InChI=1S/C19H20N2O3/c1-19(2,3)18(24)20-10-11-21-16(22)13-8-4-6-12-7-5-9-14(15(12)13)17(21)23/h4-9H,10-11H2,1-3H3,(H,20,24). The van der Waals surface area contributed by atoms with Gasteiger partial charge in [0.1, 0.15) is 0 Å². The molecule has 5 nitrogen and oxygen atoms in total. The smallest absolute Gasteiger partial charge is 0.261 e. The maximum atomic E-state index is 12.7. The van der Waals surface area contributed by atoms with Gasteiger partial charge in [0.2, 0.25) is 5.91 Å². The molecule has 0 saturated carbocycles. The second kappa shape index (κ2) is 5.74. The molecule has 3 rings (SSSR count). The first kappa shape index (κ1) is 16.2. The molecule has 124 valence electrons. The van der Waals surface area contributed by atoms with E-state index in [1.54, 1.807) is 12.1 Å². The largest absolute Gasteiger partial charge is 0.354 e. The predicted molar refractivity (Wildman–Crippen MR) is 91.8 cm³/mol. The number of nitrogens with one attached hydrogen (secondary N) is 1. The van der Waals surface area contributed by atoms with Crippen LogP contribution >= 0.6 is 0 Å². The lowest BCUT2D eigenvalue weighted by atomic mass is 9.94. The van der Waals surface area contributed by atoms with Crippen molar-refractivity contribution in [3.8, 4) is 0 Å². The number of carbonyl (C=O) groups excluding carboxylic acids is 3. The van der Waals surface area contributed by atoms with E-state index in [9.17, 15) is 14.4 Å². The number of imide groups is 1. The topological polar surface area (TPSA) is 66.5 Å². The minimum absolute atomic E-state index is 0.109. The van der Waals surface area contributed by atoms with Crippen LogP contribution in [0.2, 0.25) is 0 Å². The number of nitrogens with zero attached hydrogens (tertiary/aromatic N) is 1. The summed E-state index contributed by atoms with van der Waals surface area (Å²) in [5, 5.41) is 4.37. The van der Waals surface area contributed by atoms with E-state index in [0.29, 0.717) is 16.5 Å². The molecule has 0 bridgehead atoms. The van der Waals surface area contributed by atoms with Crippen LogP contribution < -0.4 is 5.32 Å². The summed E-state index contributed by atoms with van der Waals surface area (Å²) in [7, 11) is 0. The third-order valence-electron chi connectivity index (χ3n) is 4.16. The lowest BCUT2D eigenvalue weighted by Gasteiger charge is -2.27. The van der Waals surface area contributed by atoms with E-state index in [4.69, 9.17) is 0 Å². The van der Waals surface area contributed by atoms with E-state index in [1.807, 2.05) is 45.0 Å². The molecule has 0 aliphatic carbocycles. The van der Waals surface area contributed by atoms with Crippen LogP contribution in [-0.4, -0.2) is 35.7 Å². The van der Waals surface area contributed by atoms with Crippen molar-refractivity contribution in [2.45, 2.75) is 20.8 Å². The first-order valence-electron chi connectivity index (χ1n) is 7.97. The lowest BCUT2D eigenvalue weighted by molar-refractivity contribution is -0.128. The lowest BCUT2D eigenvalue weighted by Crippen LogP contribution is -2.46. The van der Waals surface area contributed by atoms with Gasteiger partial charge in [-0.15, -0.1) is 0 Å². The van der Waals surface area contributed by atoms with Gasteiger partial charge >= 0.3 is 0 Å². The van der Waals surface area contributed by atoms with Gasteiger partial charge in [-0.05, 0) is 17.5 Å². The molecule has 5 heteroatoms. The van der Waals surface area contributed by atoms with Gasteiger partial charge < -0.3 is 5.32 Å². The Morgan fingerprint density at radius 2 is 1.54 bits per heavy atom. The molecule has 1 aliphatic rings. The fourth-order valence-electron chi connectivity index (χ4n) is 2.83. The summed E-state index contributed by atoms with van der Waals surface area (Å²) in [6.07, 6.45) is 0. The maximum absolute atomic E-state index is 12.7. The zero-order chi connectivity index (χ0) is 17.5. The Morgan fingerprint density at radius 1 is 1.00 bits per heavy atom. The first-order valence-corrected chi connectivity index (χ1v) is 7.97. The van der Waals surface area contributed by atoms with Gasteiger partial charge in [-0.2, -0.15) is 0 Å². The Bertz CT molecular complexity index is 799. The van der Waals surface area contributed by atoms with Gasteiger partial charge in [-0.25, -0.2) is 0 Å². The summed E-state index contributed by atoms with van der Waals surface area (Å²) in [6.45, 7) is 5.85. The summed E-state index contributed by atoms with van der Waals surface area (Å²) in [5.74, 6) is -0.731. The highest BCUT2D eigenvalue weighted by Gasteiger charge is 2.32. The van der Waals surface area contributed by atoms with Crippen LogP contribution in [0.4, 0.5) is 0 Å². The zero-order valence-corrected chi connectivity index (χ0v) is 14.1. The van der Waals surface area contributed by atoms with Crippen molar-refractivity contribution in [3.05, 3.63) is 47.5 Å². The first-order chi connectivity index (χ1) is 11.3. The van der Waals surface area contributed by atoms with E-state index >= 15 is 0 Å². The molecule has 0 aromatic heterocycles. The van der Waals surface area contributed by atoms with Gasteiger partial charge in [0.05, 0.1) is 0 Å². The second-order valence-electron chi connectivity index (χ2n) is 6.98. The molecule has 2 aromatic rings. The van der Waals surface area contributed by atoms with Crippen molar-refractivity contribution in [2.24, 2.45) is 5.41 Å². The number of carbonyl (C=O) groups is 3. The van der Waals surface area contributed by atoms with Crippen LogP contribution in [0.3, 0.4) is 0 Å². The Hall–Kier alpha value is -2.69. The SMILES string of the molecule is CC(C)(C)C(=O)NCCN1C(=O)c2cccc3cccc(c23)C1=O. The van der Waals surface area contributed by atoms with Gasteiger partial charge in [0.25, 0.3) is 11.8 Å². The molecule has 0 radical (unpaired) electrons. The Labute approximate surface area is 140 Å². The summed E-state index contributed by atoms with van der Waals surface area (Å²) >= 11 is 0. The fraction of sp³-hybridized carbons (Fsp3) is 0.316. The monoisotopic (exact) mass is 324 g/mol. The number of hydrogen-bond acceptors (Lipinski definition) is 3. The average Bonchev–Trinajstić information content (AvgIpc) is 2.54. The van der Waals surface area contributed by atoms with E-state index in [-0.39, 0.29) is 30.8 Å². The van der Waals surface area contributed by atoms with E-state index < -0.39 is 5.41 Å². The van der Waals surface area contributed by atoms with Crippen LogP contribution in [0.25, 0.3) is 10.8 Å². The van der Waals surface area contributed by atoms with Crippen molar-refractivity contribution in [1.29, 1.82) is 0 Å². The summed E-state index contributed by atoms with van der Waals surface area (Å²) in [5.41, 5.74) is 0.559. The minimum atomic E-state index is -0.506. The predicted octanol–water partition coefficient (Wildman–Crippen LogP) is 2.60. The molecule has 3 amide bonds. The molecule has 0 fully saturated rings. The maximum Gasteiger partial charge on any atom is 0.261 e. The average molecular weight is 324 g/mol. The Kier molecular flexibility index (Phi) is 3.87. The third-order valence-corrected chi connectivity index (χ3v) is 4.16. The number of amides is 3. The molecule has 2 aromatic carbocycles. The molecule has 0 spiro atoms. The van der Waals surface area contributed by atoms with Crippen LogP contribution in [0.1, 0.15) is 41.5 Å². The summed E-state index contributed by atoms with van der Waals surface area (Å²) < 4.78 is 0. The Balaban J connectivity index is 1.84. The van der Waals surface area contributed by atoms with Crippen molar-refractivity contribution >= 4 is 28.5 Å². The highest BCUT2D eigenvalue weighted by Crippen LogP contribution is 2.29. The quantitative estimate of drug-likeness (QED) is 0.883. The molecule has 1 heterocycles. The van der Waals surface area contributed by atoms with Gasteiger partial charge in [-0.3, -0.25) is 19.3 Å². The molecule has 0 saturated heterocycles. The van der Waals surface area contributed by atoms with Gasteiger partial charge in [-0.1, -0.05) is 45.0 Å². The van der Waals surface area contributed by atoms with Crippen molar-refractivity contribution in [1.82, 2.24) is 10.2 Å². The Morgan fingerprint density at radius 3 is 2.04 bits per heavy atom. The van der Waals surface area contributed by atoms with Crippen LogP contribution in [0.15, 0.2) is 36.4 Å². The number of benzene rings is 2. The normalized spacial score (nSPS) is 14.2. The summed E-state index contributed by atoms with van der Waals surface area (Å²) in [6, 6.07) is 10.9. The van der Waals surface area contributed by atoms with Crippen molar-refractivity contribution in [3.63, 3.8) is 0 Å². The van der Waals surface area contributed by atoms with Crippen LogP contribution in [-0.2, 0) is 4.79 Å². The molecule has 0 unspecified atom stereocenters. The third kappa shape index (κ3) is 2.66. The van der Waals surface area contributed by atoms with Gasteiger partial charge in [0, 0.05) is 35.0 Å². The van der Waals surface area contributed by atoms with Crippen LogP contribution in [0.5, 0.6) is 0 Å². The molecular formula is C19H20N2O3. The molecule has 1 aliphatic heterocycles. The van der Waals surface area contributed by atoms with Crippen molar-refractivity contribution < 1.29 is 14.4 Å². The molecule has 1 N–H and O–H groups in total. The number of hydrogen-bond donors (Lipinski definition) is 1. The zero-order valence-electron chi connectivity index (χ0n) is 14.1. The summed E-state index contributed by atoms with van der Waals surface area (Å²) in [4.78, 5) is 38.5. The van der Waals surface area contributed by atoms with Crippen LogP contribution in [0, 0.1) is 5.41 Å².